The number of aliphatic hydroxyl groups excluding tert-OH is 6. The van der Waals surface area contributed by atoms with E-state index in [1.54, 1.807) is 0 Å². The molecule has 0 aromatic heterocycles. The molecule has 37 heteroatoms. The Kier molecular flexibility index (Phi) is 26.3. The summed E-state index contributed by atoms with van der Waals surface area (Å²) < 4.78 is 72.0. The number of aromatic hydroxyl groups is 1. The summed E-state index contributed by atoms with van der Waals surface area (Å²) in [4.78, 5) is 105. The van der Waals surface area contributed by atoms with Crippen LogP contribution in [0.1, 0.15) is 129 Å². The van der Waals surface area contributed by atoms with E-state index in [2.05, 4.69) is 37.2 Å². The van der Waals surface area contributed by atoms with Gasteiger partial charge in [-0.15, -0.1) is 0 Å². The van der Waals surface area contributed by atoms with Gasteiger partial charge in [-0.1, -0.05) is 61.3 Å². The zero-order chi connectivity index (χ0) is 84.6. The first kappa shape index (κ1) is 86.5. The van der Waals surface area contributed by atoms with Crippen molar-refractivity contribution in [1.82, 2.24) is 41.9 Å². The zero-order valence-corrected chi connectivity index (χ0v) is 66.9. The number of sulfonamides is 1. The van der Waals surface area contributed by atoms with Crippen LogP contribution in [0.4, 0.5) is 0 Å². The van der Waals surface area contributed by atoms with Gasteiger partial charge in [0.25, 0.3) is 10.0 Å². The number of hydrogen-bond acceptors (Lipinski definition) is 27. The third kappa shape index (κ3) is 17.5. The lowest BCUT2D eigenvalue weighted by atomic mass is 9.17. The molecule has 4 fully saturated rings. The number of nitrogens with one attached hydrogen (secondary N) is 8. The van der Waals surface area contributed by atoms with Crippen molar-refractivity contribution in [2.45, 2.75) is 143 Å². The van der Waals surface area contributed by atoms with Crippen LogP contribution in [-0.4, -0.2) is 205 Å². The quantitative estimate of drug-likeness (QED) is 0.0248. The monoisotopic (exact) mass is 1700 g/mol. The highest BCUT2D eigenvalue weighted by molar-refractivity contribution is 7.90. The van der Waals surface area contributed by atoms with E-state index in [1.807, 2.05) is 25.5 Å². The summed E-state index contributed by atoms with van der Waals surface area (Å²) in [5.74, 6) is -11.7. The van der Waals surface area contributed by atoms with Gasteiger partial charge in [0.1, 0.15) is 72.1 Å². The first-order chi connectivity index (χ1) is 56.3. The number of likely N-dealkylation sites (N-methyl/N-ethyl adjacent to an activating group) is 1. The van der Waals surface area contributed by atoms with Crippen LogP contribution in [0.5, 0.6) is 40.2 Å². The molecule has 0 saturated heterocycles. The van der Waals surface area contributed by atoms with Crippen molar-refractivity contribution in [1.29, 1.82) is 0 Å². The molecule has 9 aliphatic rings. The molecule has 4 heterocycles. The second-order valence-corrected chi connectivity index (χ2v) is 33.5. The molecule has 5 aliphatic carbocycles. The molecule has 9 bridgehead atoms. The van der Waals surface area contributed by atoms with E-state index in [0.717, 1.165) is 55.7 Å². The van der Waals surface area contributed by atoms with Gasteiger partial charge in [-0.05, 0) is 192 Å². The van der Waals surface area contributed by atoms with Crippen molar-refractivity contribution in [3.63, 3.8) is 0 Å². The molecule has 15 rings (SSSR count). The summed E-state index contributed by atoms with van der Waals surface area (Å²) in [6.45, 7) is 3.39. The molecular formula is C81H95Cl2N9O25S. The molecule has 0 radical (unpaired) electrons. The number of phenolic OH excluding ortho intramolecular Hbond substituents is 1. The maximum Gasteiger partial charge on any atom is 0.264 e. The van der Waals surface area contributed by atoms with Crippen molar-refractivity contribution in [2.75, 3.05) is 66.6 Å². The summed E-state index contributed by atoms with van der Waals surface area (Å²) in [5, 5.41) is 121. The minimum Gasteiger partial charge on any atom is -0.508 e. The van der Waals surface area contributed by atoms with E-state index < -0.39 is 202 Å². The Morgan fingerprint density at radius 3 is 2.00 bits per heavy atom. The predicted octanol–water partition coefficient (Wildman–Crippen LogP) is 2.58. The minimum atomic E-state index is -4.82. The van der Waals surface area contributed by atoms with Gasteiger partial charge in [-0.25, -0.2) is 13.1 Å². The molecule has 7 amide bonds. The third-order valence-corrected chi connectivity index (χ3v) is 25.3. The number of primary amides is 1. The van der Waals surface area contributed by atoms with Crippen molar-refractivity contribution in [3.05, 3.63) is 152 Å². The van der Waals surface area contributed by atoms with Gasteiger partial charge in [-0.2, -0.15) is 0 Å². The topological polar surface area (TPSA) is 523 Å². The smallest absolute Gasteiger partial charge is 0.264 e. The largest absolute Gasteiger partial charge is 0.508 e. The van der Waals surface area contributed by atoms with E-state index in [9.17, 15) is 73.6 Å². The standard InChI is InChI=1S/C81H95Cl2N9O25S/c1-5-111-16-17-112-18-19-113-45-9-11-46(12-10-45)118(109,110)92-66(99)31-56-77(104)90-69-41-24-62(74(115-36-114-64(35-94)73(101)59(97)34-93)63(25-41)117-61-15-8-40(23-54(61)83)72(100)57(33-86-56)87-76(103)55(85-4)20-37(2)3)116-60-14-7-38(22-53(60)82)58(96)32-65(98)88-70(79(106)91-71-51-27-42-26-43-28-52(71)80(42,43)51)48-29-44(95)30-50-67(48)47-21-39(6-13-49(47)81(50,107)108)68(75(84)102)89-78(69)105/h6-15,21-25,29-30,37,42-43,51-52,55-59,64,68-73,85-86,93-97,100-101,107-108H,5,16-20,26-28,31-36H2,1-4H3,(H2,84,102)(H,87,103)(H,88,98)(H,89,105)(H,90,104)(H,91,106)(H,92,99). The first-order valence-electron chi connectivity index (χ1n) is 38.7. The van der Waals surface area contributed by atoms with Crippen molar-refractivity contribution in [2.24, 2.45) is 40.7 Å². The fraction of sp³-hybridized carbons (Fsp3) is 0.469. The van der Waals surface area contributed by atoms with Gasteiger partial charge < -0.3 is 122 Å². The third-order valence-electron chi connectivity index (χ3n) is 23.4. The molecule has 6 aromatic rings. The molecule has 6 aromatic carbocycles. The number of fused-ring (bicyclic) bond motifs is 16. The Balaban J connectivity index is 0.945. The summed E-state index contributed by atoms with van der Waals surface area (Å²) >= 11 is 14.2. The molecule has 634 valence electrons. The van der Waals surface area contributed by atoms with Gasteiger partial charge in [0.2, 0.25) is 52.9 Å². The highest BCUT2D eigenvalue weighted by Gasteiger charge is 2.84. The minimum absolute atomic E-state index is 0.0102. The lowest BCUT2D eigenvalue weighted by Gasteiger charge is -2.88. The fourth-order valence-electron chi connectivity index (χ4n) is 17.5. The summed E-state index contributed by atoms with van der Waals surface area (Å²) in [6.07, 6.45) is -7.67. The number of carbonyl (C=O) groups is 7. The lowest BCUT2D eigenvalue weighted by Crippen LogP contribution is -2.88. The summed E-state index contributed by atoms with van der Waals surface area (Å²) in [6, 6.07) is 9.81. The number of amides is 7. The van der Waals surface area contributed by atoms with E-state index >= 15 is 14.4 Å². The molecule has 15 atom stereocenters. The zero-order valence-electron chi connectivity index (χ0n) is 64.5. The van der Waals surface area contributed by atoms with Crippen LogP contribution in [0.3, 0.4) is 0 Å². The maximum atomic E-state index is 16.2. The van der Waals surface area contributed by atoms with Crippen molar-refractivity contribution >= 4 is 74.6 Å². The molecular weight excluding hydrogens is 1600 g/mol. The Labute approximate surface area is 687 Å². The van der Waals surface area contributed by atoms with Gasteiger partial charge in [-0.3, -0.25) is 33.6 Å². The first-order valence-corrected chi connectivity index (χ1v) is 40.9. The van der Waals surface area contributed by atoms with Crippen molar-refractivity contribution < 1.29 is 121 Å². The number of nitrogens with two attached hydrogens (primary N) is 1. The number of aliphatic hydroxyl groups is 8. The number of ether oxygens (including phenoxy) is 7. The Morgan fingerprint density at radius 2 is 1.37 bits per heavy atom. The van der Waals surface area contributed by atoms with Gasteiger partial charge >= 0.3 is 0 Å². The van der Waals surface area contributed by atoms with Crippen LogP contribution in [-0.2, 0) is 63.6 Å². The Morgan fingerprint density at radius 1 is 0.720 bits per heavy atom. The van der Waals surface area contributed by atoms with E-state index in [0.29, 0.717) is 31.7 Å². The van der Waals surface area contributed by atoms with Crippen LogP contribution in [0, 0.1) is 35.0 Å². The molecule has 19 N–H and O–H groups in total. The number of phenols is 1. The van der Waals surface area contributed by atoms with E-state index in [1.165, 1.54) is 73.8 Å². The van der Waals surface area contributed by atoms with Gasteiger partial charge in [0.05, 0.1) is 85.0 Å². The molecule has 118 heavy (non-hydrogen) atoms. The molecule has 4 saturated carbocycles. The molecule has 15 unspecified atom stereocenters. The van der Waals surface area contributed by atoms with Gasteiger partial charge in [0, 0.05) is 30.3 Å². The maximum absolute atomic E-state index is 16.2. The Bertz CT molecular complexity index is 4910. The van der Waals surface area contributed by atoms with Crippen LogP contribution in [0.15, 0.2) is 108 Å². The number of hydrogen-bond donors (Lipinski definition) is 18. The number of carbonyl (C=O) groups excluding carboxylic acids is 7. The van der Waals surface area contributed by atoms with Crippen molar-refractivity contribution in [3.8, 4) is 51.4 Å². The highest BCUT2D eigenvalue weighted by atomic mass is 35.5. The van der Waals surface area contributed by atoms with E-state index in [4.69, 9.17) is 62.1 Å². The predicted molar refractivity (Wildman–Crippen MR) is 419 cm³/mol. The van der Waals surface area contributed by atoms with Crippen LogP contribution >= 0.6 is 23.2 Å². The lowest BCUT2D eigenvalue weighted by molar-refractivity contribution is -0.390. The SMILES string of the molecule is CCOCCOCCOc1ccc(S(=O)(=O)NC(=O)CC2NCC(NC(=O)C(CC(C)C)NC)C(O)c3ccc(c(Cl)c3)Oc3cc4cc(c3OCOC(CO)C(O)C(O)CO)Oc3ccc(cc3Cl)C(O)CC(=O)NC(C(=O)NC3C5CC6CC7CC3C675)c3cc(O)cc5c3-c3cc(ccc3C5(O)O)C(C(N)=O)NC(=O)C4NC2=O)cc1. The number of halogens is 2. The second-order valence-electron chi connectivity index (χ2n) is 31.0. The molecule has 34 nitrogen and oxygen atoms in total. The average molecular weight is 1700 g/mol. The molecule has 1 spiro atoms. The van der Waals surface area contributed by atoms with Crippen LogP contribution < -0.4 is 66.6 Å². The van der Waals surface area contributed by atoms with E-state index in [-0.39, 0.29) is 115 Å². The highest BCUT2D eigenvalue weighted by Crippen LogP contribution is 2.87. The van der Waals surface area contributed by atoms with Gasteiger partial charge in [0.15, 0.2) is 18.3 Å². The summed E-state index contributed by atoms with van der Waals surface area (Å²) in [5.41, 5.74) is 4.71. The Hall–Kier alpha value is -9.38. The van der Waals surface area contributed by atoms with Crippen LogP contribution in [0.25, 0.3) is 11.1 Å². The normalized spacial score (nSPS) is 25.7. The average Bonchev–Trinajstić information content (AvgIpc) is 0.691. The molecule has 4 aliphatic heterocycles. The second kappa shape index (κ2) is 35.9. The summed E-state index contributed by atoms with van der Waals surface area (Å²) in [7, 11) is -3.28. The fourth-order valence-corrected chi connectivity index (χ4v) is 18.9. The number of benzene rings is 6. The van der Waals surface area contributed by atoms with Crippen LogP contribution in [0.2, 0.25) is 10.0 Å². The number of rotatable bonds is 28.